The summed E-state index contributed by atoms with van der Waals surface area (Å²) in [5, 5.41) is 3.44. The zero-order valence-corrected chi connectivity index (χ0v) is 18.5. The maximum Gasteiger partial charge on any atom is 0.357 e. The molecule has 160 valence electrons. The summed E-state index contributed by atoms with van der Waals surface area (Å²) in [6.45, 7) is 8.16. The highest BCUT2D eigenvalue weighted by atomic mass is 35.5. The molecule has 1 aromatic carbocycles. The number of rotatable bonds is 10. The number of nitrogens with one attached hydrogen (secondary N) is 3. The van der Waals surface area contributed by atoms with Gasteiger partial charge in [-0.2, -0.15) is 0 Å². The number of hydrogen-bond acceptors (Lipinski definition) is 6. The highest BCUT2D eigenvalue weighted by Crippen LogP contribution is 2.61. The SMILES string of the molecule is CC(C)COP(=O)(OCC(C)C)C(Nc1c[nH]c(=O)[nH]c1=O)c1ccc(Cl)cc1. The van der Waals surface area contributed by atoms with E-state index in [9.17, 15) is 14.2 Å². The number of anilines is 1. The summed E-state index contributed by atoms with van der Waals surface area (Å²) in [5.41, 5.74) is -0.687. The highest BCUT2D eigenvalue weighted by molar-refractivity contribution is 7.54. The second-order valence-electron chi connectivity index (χ2n) is 7.50. The fourth-order valence-electron chi connectivity index (χ4n) is 2.35. The number of halogens is 1. The van der Waals surface area contributed by atoms with Gasteiger partial charge in [0.2, 0.25) is 0 Å². The van der Waals surface area contributed by atoms with Gasteiger partial charge in [-0.05, 0) is 29.5 Å². The third kappa shape index (κ3) is 6.85. The van der Waals surface area contributed by atoms with Gasteiger partial charge >= 0.3 is 13.3 Å². The minimum absolute atomic E-state index is 0.0334. The molecule has 0 bridgehead atoms. The van der Waals surface area contributed by atoms with E-state index in [0.29, 0.717) is 10.6 Å². The summed E-state index contributed by atoms with van der Waals surface area (Å²) in [6, 6.07) is 6.67. The zero-order chi connectivity index (χ0) is 21.6. The minimum Gasteiger partial charge on any atom is -0.362 e. The molecule has 1 heterocycles. The zero-order valence-electron chi connectivity index (χ0n) is 16.9. The second-order valence-corrected chi connectivity index (χ2v) is 10.1. The van der Waals surface area contributed by atoms with Crippen molar-refractivity contribution in [2.24, 2.45) is 11.8 Å². The Morgan fingerprint density at radius 3 is 2.07 bits per heavy atom. The van der Waals surface area contributed by atoms with Crippen molar-refractivity contribution in [1.82, 2.24) is 9.97 Å². The Balaban J connectivity index is 2.50. The van der Waals surface area contributed by atoms with E-state index in [4.69, 9.17) is 20.6 Å². The Morgan fingerprint density at radius 1 is 1.03 bits per heavy atom. The summed E-state index contributed by atoms with van der Waals surface area (Å²) in [7, 11) is -3.77. The lowest BCUT2D eigenvalue weighted by Crippen LogP contribution is -2.26. The number of hydrogen-bond donors (Lipinski definition) is 3. The first-order valence-electron chi connectivity index (χ1n) is 9.33. The number of aromatic amines is 2. The normalized spacial score (nSPS) is 13.1. The van der Waals surface area contributed by atoms with E-state index >= 15 is 0 Å². The molecule has 0 aliphatic rings. The number of H-pyrrole nitrogens is 2. The molecule has 0 aliphatic carbocycles. The predicted molar refractivity (Wildman–Crippen MR) is 115 cm³/mol. The van der Waals surface area contributed by atoms with Crippen LogP contribution in [0.4, 0.5) is 5.69 Å². The molecule has 0 radical (unpaired) electrons. The first-order valence-corrected chi connectivity index (χ1v) is 11.3. The smallest absolute Gasteiger partial charge is 0.357 e. The van der Waals surface area contributed by atoms with Gasteiger partial charge < -0.3 is 19.3 Å². The third-order valence-electron chi connectivity index (χ3n) is 3.79. The lowest BCUT2D eigenvalue weighted by molar-refractivity contribution is 0.168. The van der Waals surface area contributed by atoms with Crippen molar-refractivity contribution in [2.75, 3.05) is 18.5 Å². The van der Waals surface area contributed by atoms with Crippen LogP contribution in [0.2, 0.25) is 5.02 Å². The lowest BCUT2D eigenvalue weighted by atomic mass is 10.2. The van der Waals surface area contributed by atoms with Crippen molar-refractivity contribution in [3.05, 3.63) is 61.9 Å². The molecular formula is C19H27ClN3O5P. The third-order valence-corrected chi connectivity index (χ3v) is 6.12. The van der Waals surface area contributed by atoms with E-state index in [1.54, 1.807) is 24.3 Å². The van der Waals surface area contributed by atoms with E-state index in [-0.39, 0.29) is 30.7 Å². The van der Waals surface area contributed by atoms with Crippen molar-refractivity contribution in [1.29, 1.82) is 0 Å². The summed E-state index contributed by atoms with van der Waals surface area (Å²) >= 11 is 5.99. The molecule has 0 saturated heterocycles. The van der Waals surface area contributed by atoms with Crippen molar-refractivity contribution >= 4 is 24.9 Å². The van der Waals surface area contributed by atoms with Gasteiger partial charge in [0.1, 0.15) is 5.69 Å². The standard InChI is InChI=1S/C19H27ClN3O5P/c1-12(2)10-27-29(26,28-11-13(3)4)18(14-5-7-15(20)8-6-14)22-16-9-21-19(25)23-17(16)24/h5-9,12-13,18,22H,10-11H2,1-4H3,(H2,21,23,24,25). The first kappa shape index (κ1) is 23.4. The maximum absolute atomic E-state index is 13.9. The Morgan fingerprint density at radius 2 is 1.59 bits per heavy atom. The summed E-state index contributed by atoms with van der Waals surface area (Å²) in [6.07, 6.45) is 1.22. The van der Waals surface area contributed by atoms with Crippen molar-refractivity contribution in [2.45, 2.75) is 33.5 Å². The molecule has 2 aromatic rings. The second kappa shape index (κ2) is 10.3. The van der Waals surface area contributed by atoms with Gasteiger partial charge in [0.25, 0.3) is 5.56 Å². The quantitative estimate of drug-likeness (QED) is 0.470. The van der Waals surface area contributed by atoms with Crippen LogP contribution < -0.4 is 16.6 Å². The van der Waals surface area contributed by atoms with Crippen LogP contribution in [-0.2, 0) is 13.6 Å². The van der Waals surface area contributed by atoms with Gasteiger partial charge in [-0.25, -0.2) is 4.79 Å². The van der Waals surface area contributed by atoms with Crippen LogP contribution in [0, 0.1) is 11.8 Å². The van der Waals surface area contributed by atoms with E-state index in [2.05, 4.69) is 15.3 Å². The fraction of sp³-hybridized carbons (Fsp3) is 0.474. The molecule has 1 unspecified atom stereocenters. The topological polar surface area (TPSA) is 113 Å². The van der Waals surface area contributed by atoms with Gasteiger partial charge in [-0.3, -0.25) is 14.3 Å². The molecule has 0 aliphatic heterocycles. The molecule has 29 heavy (non-hydrogen) atoms. The molecule has 10 heteroatoms. The predicted octanol–water partition coefficient (Wildman–Crippen LogP) is 4.37. The molecule has 0 fully saturated rings. The van der Waals surface area contributed by atoms with Crippen molar-refractivity contribution in [3.63, 3.8) is 0 Å². The molecule has 0 amide bonds. The van der Waals surface area contributed by atoms with E-state index in [1.165, 1.54) is 6.20 Å². The van der Waals surface area contributed by atoms with Crippen LogP contribution in [0.3, 0.4) is 0 Å². The summed E-state index contributed by atoms with van der Waals surface area (Å²) < 4.78 is 25.4. The Kier molecular flexibility index (Phi) is 8.28. The van der Waals surface area contributed by atoms with Crippen molar-refractivity contribution in [3.8, 4) is 0 Å². The summed E-state index contributed by atoms with van der Waals surface area (Å²) in [4.78, 5) is 28.0. The van der Waals surface area contributed by atoms with Gasteiger partial charge in [-0.1, -0.05) is 51.4 Å². The average Bonchev–Trinajstić information content (AvgIpc) is 2.65. The first-order chi connectivity index (χ1) is 13.6. The molecule has 2 rings (SSSR count). The van der Waals surface area contributed by atoms with E-state index in [1.807, 2.05) is 27.7 Å². The van der Waals surface area contributed by atoms with E-state index in [0.717, 1.165) is 0 Å². The van der Waals surface area contributed by atoms with Gasteiger partial charge in [0.05, 0.1) is 13.2 Å². The van der Waals surface area contributed by atoms with E-state index < -0.39 is 24.6 Å². The molecule has 1 aromatic heterocycles. The molecule has 1 atom stereocenters. The Hall–Kier alpha value is -1.86. The average molecular weight is 444 g/mol. The van der Waals surface area contributed by atoms with Crippen LogP contribution >= 0.6 is 19.2 Å². The minimum atomic E-state index is -3.77. The molecule has 0 saturated carbocycles. The van der Waals surface area contributed by atoms with Crippen LogP contribution in [-0.4, -0.2) is 23.2 Å². The largest absolute Gasteiger partial charge is 0.362 e. The van der Waals surface area contributed by atoms with Crippen molar-refractivity contribution < 1.29 is 13.6 Å². The monoisotopic (exact) mass is 443 g/mol. The van der Waals surface area contributed by atoms with Gasteiger partial charge in [-0.15, -0.1) is 0 Å². The van der Waals surface area contributed by atoms with Crippen LogP contribution in [0.25, 0.3) is 0 Å². The number of benzene rings is 1. The Labute approximate surface area is 174 Å². The van der Waals surface area contributed by atoms with Crippen LogP contribution in [0.1, 0.15) is 39.0 Å². The molecule has 0 spiro atoms. The van der Waals surface area contributed by atoms with Gasteiger partial charge in [0, 0.05) is 11.2 Å². The summed E-state index contributed by atoms with van der Waals surface area (Å²) in [5.74, 6) is -0.745. The van der Waals surface area contributed by atoms with Crippen LogP contribution in [0.5, 0.6) is 0 Å². The van der Waals surface area contributed by atoms with Gasteiger partial charge in [0.15, 0.2) is 5.78 Å². The Bertz CT molecular complexity index is 939. The lowest BCUT2D eigenvalue weighted by Gasteiger charge is -2.29. The fourth-order valence-corrected chi connectivity index (χ4v) is 4.69. The number of aromatic nitrogens is 2. The highest BCUT2D eigenvalue weighted by Gasteiger charge is 2.38. The molecule has 8 nitrogen and oxygen atoms in total. The molecule has 3 N–H and O–H groups in total. The maximum atomic E-state index is 13.9. The molecular weight excluding hydrogens is 417 g/mol. The van der Waals surface area contributed by atoms with Crippen LogP contribution in [0.15, 0.2) is 40.1 Å².